The van der Waals surface area contributed by atoms with Crippen molar-refractivity contribution in [1.29, 1.82) is 0 Å². The normalized spacial score (nSPS) is 11.2. The van der Waals surface area contributed by atoms with Crippen molar-refractivity contribution in [3.05, 3.63) is 41.6 Å². The zero-order chi connectivity index (χ0) is 13.7. The molecule has 3 nitrogen and oxygen atoms in total. The average Bonchev–Trinajstić information content (AvgIpc) is 2.87. The minimum absolute atomic E-state index is 0.646. The second-order valence-corrected chi connectivity index (χ2v) is 5.26. The van der Waals surface area contributed by atoms with Crippen LogP contribution in [0.5, 0.6) is 0 Å². The van der Waals surface area contributed by atoms with E-state index in [2.05, 4.69) is 55.5 Å². The molecule has 0 saturated heterocycles. The van der Waals surface area contributed by atoms with Crippen molar-refractivity contribution in [2.24, 2.45) is 5.92 Å². The second-order valence-electron chi connectivity index (χ2n) is 5.26. The minimum atomic E-state index is 0.646. The maximum Gasteiger partial charge on any atom is 0.171 e. The molecule has 3 heteroatoms. The molecule has 0 spiro atoms. The number of benzene rings is 1. The fourth-order valence-corrected chi connectivity index (χ4v) is 2.01. The quantitative estimate of drug-likeness (QED) is 0.859. The Morgan fingerprint density at radius 3 is 2.58 bits per heavy atom. The summed E-state index contributed by atoms with van der Waals surface area (Å²) < 4.78 is 5.39. The van der Waals surface area contributed by atoms with E-state index in [4.69, 9.17) is 4.52 Å². The van der Waals surface area contributed by atoms with Crippen molar-refractivity contribution < 1.29 is 4.52 Å². The van der Waals surface area contributed by atoms with Crippen LogP contribution in [-0.2, 0) is 13.0 Å². The Morgan fingerprint density at radius 1 is 1.21 bits per heavy atom. The third kappa shape index (κ3) is 3.67. The van der Waals surface area contributed by atoms with Gasteiger partial charge in [-0.25, -0.2) is 0 Å². The summed E-state index contributed by atoms with van der Waals surface area (Å²) in [5, 5.41) is 7.34. The Labute approximate surface area is 115 Å². The largest absolute Gasteiger partial charge is 0.356 e. The van der Waals surface area contributed by atoms with Crippen molar-refractivity contribution in [1.82, 2.24) is 10.5 Å². The van der Waals surface area contributed by atoms with Gasteiger partial charge in [-0.1, -0.05) is 50.2 Å². The van der Waals surface area contributed by atoms with Crippen molar-refractivity contribution in [3.8, 4) is 11.3 Å². The van der Waals surface area contributed by atoms with Crippen LogP contribution in [0, 0.1) is 5.92 Å². The van der Waals surface area contributed by atoms with Crippen LogP contribution in [0.2, 0.25) is 0 Å². The number of hydrogen-bond donors (Lipinski definition) is 1. The van der Waals surface area contributed by atoms with Gasteiger partial charge in [-0.3, -0.25) is 0 Å². The molecule has 102 valence electrons. The number of rotatable bonds is 6. The summed E-state index contributed by atoms with van der Waals surface area (Å²) in [6.45, 7) is 8.35. The van der Waals surface area contributed by atoms with Crippen LogP contribution in [0.1, 0.15) is 31.9 Å². The zero-order valence-corrected chi connectivity index (χ0v) is 11.9. The van der Waals surface area contributed by atoms with E-state index in [1.165, 1.54) is 5.56 Å². The van der Waals surface area contributed by atoms with Gasteiger partial charge in [-0.2, -0.15) is 0 Å². The van der Waals surface area contributed by atoms with Crippen molar-refractivity contribution >= 4 is 0 Å². The lowest BCUT2D eigenvalue weighted by Crippen LogP contribution is -2.18. The van der Waals surface area contributed by atoms with Crippen LogP contribution < -0.4 is 5.32 Å². The Kier molecular flexibility index (Phi) is 4.74. The van der Waals surface area contributed by atoms with Crippen LogP contribution in [0.3, 0.4) is 0 Å². The van der Waals surface area contributed by atoms with E-state index in [-0.39, 0.29) is 0 Å². The lowest BCUT2D eigenvalue weighted by Gasteiger charge is -2.07. The molecule has 2 rings (SSSR count). The maximum atomic E-state index is 5.39. The predicted molar refractivity (Wildman–Crippen MR) is 77.9 cm³/mol. The minimum Gasteiger partial charge on any atom is -0.356 e. The van der Waals surface area contributed by atoms with E-state index >= 15 is 0 Å². The highest BCUT2D eigenvalue weighted by Crippen LogP contribution is 2.24. The summed E-state index contributed by atoms with van der Waals surface area (Å²) in [7, 11) is 0. The zero-order valence-electron chi connectivity index (χ0n) is 11.9. The van der Waals surface area contributed by atoms with Gasteiger partial charge < -0.3 is 9.84 Å². The molecule has 0 radical (unpaired) electrons. The third-order valence-corrected chi connectivity index (χ3v) is 3.14. The lowest BCUT2D eigenvalue weighted by molar-refractivity contribution is 0.431. The molecule has 1 aromatic heterocycles. The van der Waals surface area contributed by atoms with Gasteiger partial charge in [-0.15, -0.1) is 0 Å². The van der Waals surface area contributed by atoms with Crippen molar-refractivity contribution in [2.45, 2.75) is 33.7 Å². The van der Waals surface area contributed by atoms with Gasteiger partial charge in [0.25, 0.3) is 0 Å². The summed E-state index contributed by atoms with van der Waals surface area (Å²) >= 11 is 0. The number of hydrogen-bond acceptors (Lipinski definition) is 3. The van der Waals surface area contributed by atoms with Crippen LogP contribution in [-0.4, -0.2) is 11.7 Å². The summed E-state index contributed by atoms with van der Waals surface area (Å²) in [5.74, 6) is 1.52. The summed E-state index contributed by atoms with van der Waals surface area (Å²) in [5.41, 5.74) is 3.55. The fourth-order valence-electron chi connectivity index (χ4n) is 2.01. The van der Waals surface area contributed by atoms with E-state index < -0.39 is 0 Å². The molecular formula is C16H22N2O. The molecule has 0 unspecified atom stereocenters. The number of nitrogens with one attached hydrogen (secondary N) is 1. The highest BCUT2D eigenvalue weighted by Gasteiger charge is 2.10. The second kappa shape index (κ2) is 6.53. The van der Waals surface area contributed by atoms with E-state index in [0.29, 0.717) is 5.92 Å². The SMILES string of the molecule is CCc1ccc(-c2oncc2CNCC(C)C)cc1. The predicted octanol–water partition coefficient (Wildman–Crippen LogP) is 3.65. The van der Waals surface area contributed by atoms with E-state index in [1.807, 2.05) is 0 Å². The molecule has 0 amide bonds. The fraction of sp³-hybridized carbons (Fsp3) is 0.438. The average molecular weight is 258 g/mol. The molecule has 0 aliphatic heterocycles. The molecule has 2 aromatic rings. The monoisotopic (exact) mass is 258 g/mol. The molecule has 0 bridgehead atoms. The molecule has 1 N–H and O–H groups in total. The first-order valence-corrected chi connectivity index (χ1v) is 6.94. The van der Waals surface area contributed by atoms with E-state index in [0.717, 1.165) is 36.4 Å². The summed E-state index contributed by atoms with van der Waals surface area (Å²) in [6, 6.07) is 8.49. The number of nitrogens with zero attached hydrogens (tertiary/aromatic N) is 1. The van der Waals surface area contributed by atoms with Crippen LogP contribution >= 0.6 is 0 Å². The van der Waals surface area contributed by atoms with E-state index in [9.17, 15) is 0 Å². The van der Waals surface area contributed by atoms with Crippen LogP contribution in [0.15, 0.2) is 35.0 Å². The van der Waals surface area contributed by atoms with Crippen LogP contribution in [0.25, 0.3) is 11.3 Å². The molecule has 0 fully saturated rings. The number of aryl methyl sites for hydroxylation is 1. The van der Waals surface area contributed by atoms with Gasteiger partial charge in [0.2, 0.25) is 0 Å². The molecular weight excluding hydrogens is 236 g/mol. The Morgan fingerprint density at radius 2 is 1.95 bits per heavy atom. The third-order valence-electron chi connectivity index (χ3n) is 3.14. The lowest BCUT2D eigenvalue weighted by atomic mass is 10.1. The Hall–Kier alpha value is -1.61. The van der Waals surface area contributed by atoms with Crippen molar-refractivity contribution in [3.63, 3.8) is 0 Å². The van der Waals surface area contributed by atoms with Gasteiger partial charge in [0, 0.05) is 17.7 Å². The van der Waals surface area contributed by atoms with Gasteiger partial charge in [-0.05, 0) is 24.4 Å². The molecule has 0 atom stereocenters. The van der Waals surface area contributed by atoms with Gasteiger partial charge >= 0.3 is 0 Å². The first kappa shape index (κ1) is 13.8. The first-order chi connectivity index (χ1) is 9.20. The standard InChI is InChI=1S/C16H22N2O/c1-4-13-5-7-14(8-6-13)16-15(11-18-19-16)10-17-9-12(2)3/h5-8,11-12,17H,4,9-10H2,1-3H3. The molecule has 0 saturated carbocycles. The molecule has 0 aliphatic rings. The molecule has 19 heavy (non-hydrogen) atoms. The number of aromatic nitrogens is 1. The van der Waals surface area contributed by atoms with Crippen molar-refractivity contribution in [2.75, 3.05) is 6.54 Å². The highest BCUT2D eigenvalue weighted by molar-refractivity contribution is 5.60. The van der Waals surface area contributed by atoms with Gasteiger partial charge in [0.15, 0.2) is 5.76 Å². The summed E-state index contributed by atoms with van der Waals surface area (Å²) in [4.78, 5) is 0. The highest BCUT2D eigenvalue weighted by atomic mass is 16.5. The molecule has 0 aliphatic carbocycles. The first-order valence-electron chi connectivity index (χ1n) is 6.94. The van der Waals surface area contributed by atoms with Crippen LogP contribution in [0.4, 0.5) is 0 Å². The summed E-state index contributed by atoms with van der Waals surface area (Å²) in [6.07, 6.45) is 2.86. The maximum absolute atomic E-state index is 5.39. The Balaban J connectivity index is 2.09. The van der Waals surface area contributed by atoms with E-state index in [1.54, 1.807) is 6.20 Å². The van der Waals surface area contributed by atoms with Gasteiger partial charge in [0.05, 0.1) is 6.20 Å². The Bertz CT molecular complexity index is 500. The van der Waals surface area contributed by atoms with Gasteiger partial charge in [0.1, 0.15) is 0 Å². The topological polar surface area (TPSA) is 38.1 Å². The smallest absolute Gasteiger partial charge is 0.171 e. The molecule has 1 heterocycles. The molecule has 1 aromatic carbocycles.